The maximum Gasteiger partial charge on any atom is 0.0435 e. The van der Waals surface area contributed by atoms with Crippen molar-refractivity contribution in [1.82, 2.24) is 4.98 Å². The van der Waals surface area contributed by atoms with Crippen LogP contribution in [0, 0.1) is 0 Å². The second-order valence-electron chi connectivity index (χ2n) is 4.39. The summed E-state index contributed by atoms with van der Waals surface area (Å²) in [6.45, 7) is 4.52. The van der Waals surface area contributed by atoms with Crippen LogP contribution in [0.1, 0.15) is 55.8 Å². The van der Waals surface area contributed by atoms with Gasteiger partial charge in [-0.05, 0) is 49.1 Å². The van der Waals surface area contributed by atoms with Gasteiger partial charge in [-0.2, -0.15) is 0 Å². The lowest BCUT2D eigenvalue weighted by Gasteiger charge is -2.17. The van der Waals surface area contributed by atoms with E-state index in [1.54, 1.807) is 0 Å². The van der Waals surface area contributed by atoms with Crippen LogP contribution in [0.5, 0.6) is 0 Å². The predicted molar refractivity (Wildman–Crippen MR) is 59.6 cm³/mol. The molecule has 1 aromatic heterocycles. The van der Waals surface area contributed by atoms with Gasteiger partial charge in [0, 0.05) is 11.9 Å². The van der Waals surface area contributed by atoms with Crippen LogP contribution in [-0.2, 0) is 12.8 Å². The highest BCUT2D eigenvalue weighted by Crippen LogP contribution is 2.24. The van der Waals surface area contributed by atoms with E-state index in [-0.39, 0.29) is 0 Å². The van der Waals surface area contributed by atoms with Gasteiger partial charge in [-0.1, -0.05) is 19.9 Å². The molecule has 0 bridgehead atoms. The maximum absolute atomic E-state index is 4.59. The fourth-order valence-electron chi connectivity index (χ4n) is 2.11. The van der Waals surface area contributed by atoms with Gasteiger partial charge < -0.3 is 0 Å². The fourth-order valence-corrected chi connectivity index (χ4v) is 2.11. The molecule has 0 N–H and O–H groups in total. The molecule has 1 nitrogen and oxygen atoms in total. The van der Waals surface area contributed by atoms with Gasteiger partial charge in [0.25, 0.3) is 0 Å². The molecule has 1 atom stereocenters. The minimum absolute atomic E-state index is 0.662. The van der Waals surface area contributed by atoms with Gasteiger partial charge in [-0.25, -0.2) is 0 Å². The van der Waals surface area contributed by atoms with E-state index < -0.39 is 0 Å². The van der Waals surface area contributed by atoms with Crippen LogP contribution >= 0.6 is 0 Å². The predicted octanol–water partition coefficient (Wildman–Crippen LogP) is 3.47. The molecule has 0 aromatic carbocycles. The Morgan fingerprint density at radius 2 is 2.14 bits per heavy atom. The first kappa shape index (κ1) is 9.70. The third kappa shape index (κ3) is 1.82. The Bertz CT molecular complexity index is 317. The van der Waals surface area contributed by atoms with E-state index in [0.29, 0.717) is 5.92 Å². The monoisotopic (exact) mass is 189 g/mol. The van der Waals surface area contributed by atoms with Crippen LogP contribution in [0.15, 0.2) is 12.3 Å². The van der Waals surface area contributed by atoms with Gasteiger partial charge in [0.2, 0.25) is 0 Å². The van der Waals surface area contributed by atoms with Crippen LogP contribution in [0.25, 0.3) is 0 Å². The van der Waals surface area contributed by atoms with Crippen molar-refractivity contribution in [3.63, 3.8) is 0 Å². The molecule has 0 saturated heterocycles. The van der Waals surface area contributed by atoms with E-state index in [9.17, 15) is 0 Å². The average molecular weight is 189 g/mol. The molecule has 1 unspecified atom stereocenters. The zero-order valence-electron chi connectivity index (χ0n) is 9.21. The first-order valence-electron chi connectivity index (χ1n) is 5.79. The normalized spacial score (nSPS) is 17.6. The molecule has 0 amide bonds. The summed E-state index contributed by atoms with van der Waals surface area (Å²) in [5.74, 6) is 0.662. The average Bonchev–Trinajstić information content (AvgIpc) is 2.27. The van der Waals surface area contributed by atoms with Gasteiger partial charge in [0.1, 0.15) is 0 Å². The molecule has 76 valence electrons. The molecule has 0 saturated carbocycles. The quantitative estimate of drug-likeness (QED) is 0.694. The van der Waals surface area contributed by atoms with Gasteiger partial charge in [0.05, 0.1) is 0 Å². The third-order valence-corrected chi connectivity index (χ3v) is 3.37. The van der Waals surface area contributed by atoms with Gasteiger partial charge in [0.15, 0.2) is 0 Å². The summed E-state index contributed by atoms with van der Waals surface area (Å²) in [6.07, 6.45) is 8.39. The van der Waals surface area contributed by atoms with E-state index in [4.69, 9.17) is 0 Å². The Morgan fingerprint density at radius 1 is 1.36 bits per heavy atom. The Morgan fingerprint density at radius 3 is 2.93 bits per heavy atom. The van der Waals surface area contributed by atoms with Crippen molar-refractivity contribution in [2.24, 2.45) is 0 Å². The third-order valence-electron chi connectivity index (χ3n) is 3.37. The molecule has 1 heteroatoms. The number of aryl methyl sites for hydroxylation is 2. The van der Waals surface area contributed by atoms with Crippen LogP contribution < -0.4 is 0 Å². The zero-order chi connectivity index (χ0) is 9.97. The molecule has 1 aromatic rings. The zero-order valence-corrected chi connectivity index (χ0v) is 9.21. The van der Waals surface area contributed by atoms with E-state index in [2.05, 4.69) is 31.1 Å². The summed E-state index contributed by atoms with van der Waals surface area (Å²) >= 11 is 0. The second-order valence-corrected chi connectivity index (χ2v) is 4.39. The van der Waals surface area contributed by atoms with Crippen LogP contribution in [0.3, 0.4) is 0 Å². The molecule has 1 aliphatic rings. The van der Waals surface area contributed by atoms with Crippen molar-refractivity contribution in [3.8, 4) is 0 Å². The van der Waals surface area contributed by atoms with Crippen molar-refractivity contribution in [3.05, 3.63) is 29.1 Å². The summed E-state index contributed by atoms with van der Waals surface area (Å²) in [7, 11) is 0. The molecule has 1 aliphatic carbocycles. The maximum atomic E-state index is 4.59. The fraction of sp³-hybridized carbons (Fsp3) is 0.615. The number of pyridine rings is 1. The molecule has 0 aliphatic heterocycles. The Kier molecular flexibility index (Phi) is 2.85. The molecule has 14 heavy (non-hydrogen) atoms. The van der Waals surface area contributed by atoms with E-state index >= 15 is 0 Å². The number of rotatable bonds is 2. The minimum Gasteiger partial charge on any atom is -0.261 e. The van der Waals surface area contributed by atoms with Crippen molar-refractivity contribution < 1.29 is 0 Å². The lowest BCUT2D eigenvalue weighted by Crippen LogP contribution is -2.06. The number of fused-ring (bicyclic) bond motifs is 1. The lowest BCUT2D eigenvalue weighted by atomic mass is 9.92. The first-order chi connectivity index (χ1) is 6.81. The van der Waals surface area contributed by atoms with Gasteiger partial charge in [-0.3, -0.25) is 4.98 Å². The smallest absolute Gasteiger partial charge is 0.0435 e. The highest BCUT2D eigenvalue weighted by atomic mass is 14.7. The molecular formula is C13H19N. The van der Waals surface area contributed by atoms with E-state index in [1.807, 2.05) is 0 Å². The summed E-state index contributed by atoms with van der Waals surface area (Å²) in [5, 5.41) is 0. The molecule has 1 heterocycles. The summed E-state index contributed by atoms with van der Waals surface area (Å²) in [6, 6.07) is 2.38. The van der Waals surface area contributed by atoms with Crippen LogP contribution in [0.4, 0.5) is 0 Å². The molecular weight excluding hydrogens is 170 g/mol. The largest absolute Gasteiger partial charge is 0.261 e. The first-order valence-corrected chi connectivity index (χ1v) is 5.79. The topological polar surface area (TPSA) is 12.9 Å². The van der Waals surface area contributed by atoms with Gasteiger partial charge in [-0.15, -0.1) is 0 Å². The summed E-state index contributed by atoms with van der Waals surface area (Å²) in [4.78, 5) is 4.59. The molecule has 0 radical (unpaired) electrons. The van der Waals surface area contributed by atoms with Crippen molar-refractivity contribution in [2.45, 2.75) is 51.9 Å². The number of hydrogen-bond acceptors (Lipinski definition) is 1. The van der Waals surface area contributed by atoms with Crippen LogP contribution in [0.2, 0.25) is 0 Å². The standard InChI is InChI=1S/C13H19N/c1-3-10(2)12-8-11-6-4-5-7-13(11)14-9-12/h8-10H,3-7H2,1-2H3. The highest BCUT2D eigenvalue weighted by molar-refractivity contribution is 5.29. The minimum atomic E-state index is 0.662. The summed E-state index contributed by atoms with van der Waals surface area (Å²) in [5.41, 5.74) is 4.28. The Balaban J connectivity index is 2.29. The number of hydrogen-bond donors (Lipinski definition) is 0. The SMILES string of the molecule is CCC(C)c1cnc2c(c1)CCCC2. The summed E-state index contributed by atoms with van der Waals surface area (Å²) < 4.78 is 0. The van der Waals surface area contributed by atoms with Gasteiger partial charge >= 0.3 is 0 Å². The van der Waals surface area contributed by atoms with Crippen molar-refractivity contribution in [2.75, 3.05) is 0 Å². The molecule has 2 rings (SSSR count). The van der Waals surface area contributed by atoms with Crippen molar-refractivity contribution >= 4 is 0 Å². The molecule has 0 spiro atoms. The molecule has 0 fully saturated rings. The highest BCUT2D eigenvalue weighted by Gasteiger charge is 2.12. The second kappa shape index (κ2) is 4.12. The van der Waals surface area contributed by atoms with E-state index in [0.717, 1.165) is 0 Å². The van der Waals surface area contributed by atoms with Crippen molar-refractivity contribution in [1.29, 1.82) is 0 Å². The van der Waals surface area contributed by atoms with E-state index in [1.165, 1.54) is 48.9 Å². The number of aromatic nitrogens is 1. The Hall–Kier alpha value is -0.850. The Labute approximate surface area is 86.6 Å². The number of nitrogens with zero attached hydrogens (tertiary/aromatic N) is 1. The lowest BCUT2D eigenvalue weighted by molar-refractivity contribution is 0.657. The van der Waals surface area contributed by atoms with Crippen LogP contribution in [-0.4, -0.2) is 4.98 Å².